The number of halogens is 3. The molecular formula is C15H13ClF2N2O. The zero-order chi connectivity index (χ0) is 15.2. The van der Waals surface area contributed by atoms with Crippen molar-refractivity contribution in [2.75, 3.05) is 17.2 Å². The second-order valence-electron chi connectivity index (χ2n) is 4.33. The molecule has 0 heterocycles. The van der Waals surface area contributed by atoms with E-state index in [1.165, 1.54) is 30.3 Å². The Hall–Kier alpha value is -2.14. The lowest BCUT2D eigenvalue weighted by Gasteiger charge is -2.08. The largest absolute Gasteiger partial charge is 0.384 e. The summed E-state index contributed by atoms with van der Waals surface area (Å²) in [5.74, 6) is -1.30. The van der Waals surface area contributed by atoms with E-state index in [0.717, 1.165) is 0 Å². The Bertz CT molecular complexity index is 649. The molecule has 3 nitrogen and oxygen atoms in total. The van der Waals surface area contributed by atoms with E-state index < -0.39 is 11.6 Å². The maximum atomic E-state index is 13.3. The quantitative estimate of drug-likeness (QED) is 0.874. The molecule has 2 N–H and O–H groups in total. The summed E-state index contributed by atoms with van der Waals surface area (Å²) in [7, 11) is 0. The molecule has 1 amide bonds. The molecule has 0 aliphatic carbocycles. The van der Waals surface area contributed by atoms with Crippen molar-refractivity contribution in [2.24, 2.45) is 0 Å². The van der Waals surface area contributed by atoms with Crippen LogP contribution in [-0.2, 0) is 4.79 Å². The highest BCUT2D eigenvalue weighted by molar-refractivity contribution is 6.31. The lowest BCUT2D eigenvalue weighted by molar-refractivity contribution is -0.116. The van der Waals surface area contributed by atoms with Crippen LogP contribution in [-0.4, -0.2) is 12.5 Å². The lowest BCUT2D eigenvalue weighted by atomic mass is 10.2. The van der Waals surface area contributed by atoms with E-state index in [1.807, 2.05) is 0 Å². The molecule has 21 heavy (non-hydrogen) atoms. The summed E-state index contributed by atoms with van der Waals surface area (Å²) in [6, 6.07) is 10.1. The second kappa shape index (κ2) is 7.04. The third-order valence-corrected chi connectivity index (χ3v) is 3.04. The van der Waals surface area contributed by atoms with Gasteiger partial charge in [-0.05, 0) is 30.3 Å². The first-order valence-electron chi connectivity index (χ1n) is 6.29. The molecule has 0 spiro atoms. The van der Waals surface area contributed by atoms with Crippen LogP contribution in [0.1, 0.15) is 6.42 Å². The minimum Gasteiger partial charge on any atom is -0.384 e. The van der Waals surface area contributed by atoms with Crippen LogP contribution in [0.4, 0.5) is 20.2 Å². The minimum absolute atomic E-state index is 0.0100. The van der Waals surface area contributed by atoms with Gasteiger partial charge < -0.3 is 10.6 Å². The second-order valence-corrected chi connectivity index (χ2v) is 4.74. The number of carbonyl (C=O) groups is 1. The van der Waals surface area contributed by atoms with E-state index in [0.29, 0.717) is 12.2 Å². The Morgan fingerprint density at radius 1 is 1.10 bits per heavy atom. The van der Waals surface area contributed by atoms with E-state index in [4.69, 9.17) is 11.6 Å². The third-order valence-electron chi connectivity index (χ3n) is 2.75. The van der Waals surface area contributed by atoms with E-state index in [1.54, 1.807) is 12.1 Å². The van der Waals surface area contributed by atoms with Gasteiger partial charge in [-0.15, -0.1) is 0 Å². The number of anilines is 2. The van der Waals surface area contributed by atoms with Crippen LogP contribution in [0.5, 0.6) is 0 Å². The van der Waals surface area contributed by atoms with Crippen LogP contribution in [0.2, 0.25) is 5.02 Å². The van der Waals surface area contributed by atoms with Gasteiger partial charge in [0.05, 0.1) is 10.7 Å². The van der Waals surface area contributed by atoms with Gasteiger partial charge in [-0.1, -0.05) is 23.7 Å². The average Bonchev–Trinajstić information content (AvgIpc) is 2.45. The molecule has 0 fully saturated rings. The van der Waals surface area contributed by atoms with Crippen molar-refractivity contribution in [3.05, 3.63) is 59.1 Å². The topological polar surface area (TPSA) is 41.1 Å². The number of rotatable bonds is 5. The van der Waals surface area contributed by atoms with Crippen molar-refractivity contribution in [2.45, 2.75) is 6.42 Å². The van der Waals surface area contributed by atoms with Gasteiger partial charge in [-0.3, -0.25) is 4.79 Å². The van der Waals surface area contributed by atoms with Crippen LogP contribution >= 0.6 is 11.6 Å². The maximum Gasteiger partial charge on any atom is 0.226 e. The molecule has 2 aromatic rings. The van der Waals surface area contributed by atoms with Gasteiger partial charge in [-0.25, -0.2) is 8.78 Å². The average molecular weight is 311 g/mol. The minimum atomic E-state index is -0.500. The summed E-state index contributed by atoms with van der Waals surface area (Å²) in [4.78, 5) is 11.7. The number of para-hydroxylation sites is 1. The van der Waals surface area contributed by atoms with Crippen LogP contribution in [0.3, 0.4) is 0 Å². The molecule has 0 aromatic heterocycles. The monoisotopic (exact) mass is 310 g/mol. The molecule has 2 aromatic carbocycles. The third kappa shape index (κ3) is 4.43. The predicted octanol–water partition coefficient (Wildman–Crippen LogP) is 4.06. The van der Waals surface area contributed by atoms with Gasteiger partial charge in [0, 0.05) is 18.7 Å². The highest BCUT2D eigenvalue weighted by Gasteiger charge is 2.06. The SMILES string of the molecule is O=C(CCNc1ccc(F)c(Cl)c1)Nc1ccccc1F. The lowest BCUT2D eigenvalue weighted by Crippen LogP contribution is -2.16. The number of hydrogen-bond donors (Lipinski definition) is 2. The van der Waals surface area contributed by atoms with Gasteiger partial charge in [0.25, 0.3) is 0 Å². The summed E-state index contributed by atoms with van der Waals surface area (Å²) in [5.41, 5.74) is 0.757. The van der Waals surface area contributed by atoms with Crippen LogP contribution in [0.25, 0.3) is 0 Å². The maximum absolute atomic E-state index is 13.3. The number of carbonyl (C=O) groups excluding carboxylic acids is 1. The molecular weight excluding hydrogens is 298 g/mol. The van der Waals surface area contributed by atoms with E-state index in [-0.39, 0.29) is 23.0 Å². The normalized spacial score (nSPS) is 10.2. The first kappa shape index (κ1) is 15.3. The van der Waals surface area contributed by atoms with E-state index in [9.17, 15) is 13.6 Å². The molecule has 0 aliphatic heterocycles. The number of hydrogen-bond acceptors (Lipinski definition) is 2. The number of amides is 1. The predicted molar refractivity (Wildman–Crippen MR) is 79.5 cm³/mol. The molecule has 0 saturated heterocycles. The molecule has 0 atom stereocenters. The molecule has 0 unspecified atom stereocenters. The molecule has 0 saturated carbocycles. The van der Waals surface area contributed by atoms with Crippen LogP contribution in [0.15, 0.2) is 42.5 Å². The first-order chi connectivity index (χ1) is 10.1. The van der Waals surface area contributed by atoms with Gasteiger partial charge in [0.2, 0.25) is 5.91 Å². The summed E-state index contributed by atoms with van der Waals surface area (Å²) in [5, 5.41) is 5.43. The number of nitrogens with one attached hydrogen (secondary N) is 2. The van der Waals surface area contributed by atoms with Gasteiger partial charge in [0.1, 0.15) is 11.6 Å². The van der Waals surface area contributed by atoms with Gasteiger partial charge in [-0.2, -0.15) is 0 Å². The van der Waals surface area contributed by atoms with E-state index >= 15 is 0 Å². The van der Waals surface area contributed by atoms with Crippen molar-refractivity contribution >= 4 is 28.9 Å². The van der Waals surface area contributed by atoms with Crippen molar-refractivity contribution in [3.63, 3.8) is 0 Å². The fourth-order valence-corrected chi connectivity index (χ4v) is 1.88. The zero-order valence-electron chi connectivity index (χ0n) is 11.0. The van der Waals surface area contributed by atoms with Gasteiger partial charge >= 0.3 is 0 Å². The van der Waals surface area contributed by atoms with Crippen molar-refractivity contribution < 1.29 is 13.6 Å². The Balaban J connectivity index is 1.82. The molecule has 0 bridgehead atoms. The Morgan fingerprint density at radius 2 is 1.86 bits per heavy atom. The van der Waals surface area contributed by atoms with Crippen molar-refractivity contribution in [1.82, 2.24) is 0 Å². The summed E-state index contributed by atoms with van der Waals surface area (Å²) in [6.45, 7) is 0.322. The summed E-state index contributed by atoms with van der Waals surface area (Å²) >= 11 is 5.64. The molecule has 0 aliphatic rings. The molecule has 6 heteroatoms. The van der Waals surface area contributed by atoms with Crippen LogP contribution < -0.4 is 10.6 Å². The van der Waals surface area contributed by atoms with Gasteiger partial charge in [0.15, 0.2) is 0 Å². The summed E-state index contributed by atoms with van der Waals surface area (Å²) < 4.78 is 26.3. The van der Waals surface area contributed by atoms with E-state index in [2.05, 4.69) is 10.6 Å². The standard InChI is InChI=1S/C15H13ClF2N2O/c16-11-9-10(5-6-12(11)17)19-8-7-15(21)20-14-4-2-1-3-13(14)18/h1-6,9,19H,7-8H2,(H,20,21). The number of benzene rings is 2. The smallest absolute Gasteiger partial charge is 0.226 e. The highest BCUT2D eigenvalue weighted by atomic mass is 35.5. The van der Waals surface area contributed by atoms with Crippen LogP contribution in [0, 0.1) is 11.6 Å². The van der Waals surface area contributed by atoms with Crippen molar-refractivity contribution in [3.8, 4) is 0 Å². The Kier molecular flexibility index (Phi) is 5.11. The summed E-state index contributed by atoms with van der Waals surface area (Å²) in [6.07, 6.45) is 0.142. The fourth-order valence-electron chi connectivity index (χ4n) is 1.70. The fraction of sp³-hybridized carbons (Fsp3) is 0.133. The molecule has 110 valence electrons. The molecule has 0 radical (unpaired) electrons. The Morgan fingerprint density at radius 3 is 2.57 bits per heavy atom. The Labute approximate surface area is 125 Å². The first-order valence-corrected chi connectivity index (χ1v) is 6.67. The van der Waals surface area contributed by atoms with Crippen molar-refractivity contribution in [1.29, 1.82) is 0 Å². The zero-order valence-corrected chi connectivity index (χ0v) is 11.8. The molecule has 2 rings (SSSR count). The highest BCUT2D eigenvalue weighted by Crippen LogP contribution is 2.19.